The number of hydroxylamine groups is 2. The maximum absolute atomic E-state index is 13.4. The molecule has 6 aromatic rings. The van der Waals surface area contributed by atoms with Gasteiger partial charge >= 0.3 is 18.2 Å². The molecule has 1 N–H and O–H groups in total. The SMILES string of the molecule is CON(C)C(=O)c1cc(C)cc2c1ccc(=O)n2CCN1CCC(N(Cc2ccc3c(c2)OCCO3)C(=O)OC(C)(C)C)CC1.Cc1cc(C(=O)O)c2ccc(=O)n(CCN3CCC(N(Cc4ccc5c(c4)OCCO5)C(=O)OC(C)(C)C)CC3)c2c1. The molecule has 3 amide bonds. The number of likely N-dealkylation sites (tertiary alicyclic amines) is 2. The number of hydrogen-bond acceptors (Lipinski definition) is 15. The molecule has 0 saturated carbocycles. The molecule has 10 rings (SSSR count). The van der Waals surface area contributed by atoms with Crippen molar-refractivity contribution in [3.05, 3.63) is 139 Å². The molecule has 4 aliphatic rings. The van der Waals surface area contributed by atoms with Crippen LogP contribution in [0, 0.1) is 13.8 Å². The predicted octanol–water partition coefficient (Wildman–Crippen LogP) is 9.30. The fourth-order valence-corrected chi connectivity index (χ4v) is 11.6. The number of carbonyl (C=O) groups excluding carboxylic acids is 3. The van der Waals surface area contributed by atoms with Crippen LogP contribution in [0.25, 0.3) is 21.8 Å². The van der Waals surface area contributed by atoms with Crippen LogP contribution in [0.2, 0.25) is 0 Å². The Kier molecular flexibility index (Phi) is 19.9. The van der Waals surface area contributed by atoms with Crippen molar-refractivity contribution in [1.82, 2.24) is 33.8 Å². The summed E-state index contributed by atoms with van der Waals surface area (Å²) in [6.45, 7) is 23.1. The van der Waals surface area contributed by atoms with Crippen LogP contribution < -0.4 is 30.1 Å². The van der Waals surface area contributed by atoms with Gasteiger partial charge in [0.25, 0.3) is 17.0 Å². The normalized spacial score (nSPS) is 15.7. The molecule has 21 heteroatoms. The number of aromatic nitrogens is 2. The van der Waals surface area contributed by atoms with E-state index in [-0.39, 0.29) is 46.9 Å². The van der Waals surface area contributed by atoms with Gasteiger partial charge in [-0.05, 0) is 164 Å². The maximum Gasteiger partial charge on any atom is 0.410 e. The lowest BCUT2D eigenvalue weighted by atomic mass is 10.0. The molecule has 2 aromatic heterocycles. The monoisotopic (exact) mass is 1200 g/mol. The molecule has 0 radical (unpaired) electrons. The standard InChI is InChI=1S/C34H44N4O7.C32H39N3O7/c1-23-19-27(32(40)35(5)42-6)26-8-10-31(39)37(28(26)20-23)16-15-36-13-11-25(12-14-36)38(33(41)45-34(2,3)4)22-24-7-9-29-30(21-24)44-18-17-43-29;1-21-17-25(30(37)38)24-6-8-29(36)34(26(24)18-21)14-13-33-11-9-23(10-12-33)35(31(39)42-32(2,3)4)20-22-5-7-27-28(19-22)41-16-15-40-27/h7-10,19-21,25H,11-18,22H2,1-6H3;5-8,17-19,23H,9-16,20H2,1-4H3,(H,37,38). The molecule has 0 unspecified atom stereocenters. The first-order valence-electron chi connectivity index (χ1n) is 30.0. The maximum atomic E-state index is 13.4. The summed E-state index contributed by atoms with van der Waals surface area (Å²) in [6.07, 6.45) is 2.39. The number of pyridine rings is 2. The summed E-state index contributed by atoms with van der Waals surface area (Å²) in [5.41, 5.74) is 4.11. The molecule has 466 valence electrons. The number of benzene rings is 4. The Hall–Kier alpha value is -8.14. The second kappa shape index (κ2) is 27.3. The van der Waals surface area contributed by atoms with E-state index in [4.69, 9.17) is 33.3 Å². The van der Waals surface area contributed by atoms with E-state index in [1.165, 1.54) is 24.3 Å². The molecule has 87 heavy (non-hydrogen) atoms. The molecule has 2 fully saturated rings. The lowest BCUT2D eigenvalue weighted by Gasteiger charge is -2.39. The van der Waals surface area contributed by atoms with Crippen molar-refractivity contribution in [2.45, 2.75) is 131 Å². The van der Waals surface area contributed by atoms with Crippen molar-refractivity contribution >= 4 is 45.9 Å². The number of piperidine rings is 2. The molecule has 0 bridgehead atoms. The number of fused-ring (bicyclic) bond motifs is 4. The van der Waals surface area contributed by atoms with Crippen molar-refractivity contribution in [3.8, 4) is 23.0 Å². The van der Waals surface area contributed by atoms with Crippen LogP contribution in [0.1, 0.15) is 110 Å². The Bertz CT molecular complexity index is 3610. The van der Waals surface area contributed by atoms with E-state index < -0.39 is 17.2 Å². The van der Waals surface area contributed by atoms with E-state index in [9.17, 15) is 33.9 Å². The minimum Gasteiger partial charge on any atom is -0.486 e. The van der Waals surface area contributed by atoms with E-state index in [0.29, 0.717) is 111 Å². The lowest BCUT2D eigenvalue weighted by Crippen LogP contribution is -2.49. The Balaban J connectivity index is 0.000000208. The highest BCUT2D eigenvalue weighted by Crippen LogP contribution is 2.34. The molecule has 0 spiro atoms. The van der Waals surface area contributed by atoms with E-state index in [2.05, 4.69) is 9.80 Å². The van der Waals surface area contributed by atoms with Crippen molar-refractivity contribution in [1.29, 1.82) is 0 Å². The number of hydrogen-bond donors (Lipinski definition) is 1. The molecule has 4 aliphatic heterocycles. The van der Waals surface area contributed by atoms with Crippen LogP contribution in [0.4, 0.5) is 9.59 Å². The van der Waals surface area contributed by atoms with Gasteiger partial charge in [-0.15, -0.1) is 0 Å². The third-order valence-corrected chi connectivity index (χ3v) is 16.0. The predicted molar refractivity (Wildman–Crippen MR) is 329 cm³/mol. The Morgan fingerprint density at radius 2 is 0.931 bits per heavy atom. The average molecular weight is 1200 g/mol. The van der Waals surface area contributed by atoms with Gasteiger partial charge in [0, 0.05) is 107 Å². The third-order valence-electron chi connectivity index (χ3n) is 16.0. The number of ether oxygens (including phenoxy) is 6. The Morgan fingerprint density at radius 3 is 1.32 bits per heavy atom. The number of aryl methyl sites for hydroxylation is 2. The van der Waals surface area contributed by atoms with Gasteiger partial charge in [-0.25, -0.2) is 19.4 Å². The first-order chi connectivity index (χ1) is 41.4. The second-order valence-corrected chi connectivity index (χ2v) is 24.7. The molecule has 2 saturated heterocycles. The van der Waals surface area contributed by atoms with Crippen LogP contribution >= 0.6 is 0 Å². The first kappa shape index (κ1) is 63.4. The molecule has 4 aromatic carbocycles. The highest BCUT2D eigenvalue weighted by atomic mass is 16.7. The number of carbonyl (C=O) groups is 4. The number of nitrogens with zero attached hydrogens (tertiary/aromatic N) is 7. The average Bonchev–Trinajstić information content (AvgIpc) is 1.05. The van der Waals surface area contributed by atoms with Gasteiger partial charge in [0.15, 0.2) is 23.0 Å². The summed E-state index contributed by atoms with van der Waals surface area (Å²) in [6, 6.07) is 25.1. The summed E-state index contributed by atoms with van der Waals surface area (Å²) in [5, 5.41) is 12.1. The lowest BCUT2D eigenvalue weighted by molar-refractivity contribution is -0.0755. The zero-order chi connectivity index (χ0) is 62.3. The first-order valence-corrected chi connectivity index (χ1v) is 30.0. The number of amides is 3. The topological polar surface area (TPSA) is 213 Å². The summed E-state index contributed by atoms with van der Waals surface area (Å²) >= 11 is 0. The quantitative estimate of drug-likeness (QED) is 0.0949. The molecule has 6 heterocycles. The molecule has 21 nitrogen and oxygen atoms in total. The number of rotatable bonds is 15. The zero-order valence-corrected chi connectivity index (χ0v) is 51.9. The number of carboxylic acid groups (broad SMARTS) is 1. The Labute approximate surface area is 507 Å². The largest absolute Gasteiger partial charge is 0.486 e. The van der Waals surface area contributed by atoms with Gasteiger partial charge in [0.05, 0.1) is 29.3 Å². The minimum absolute atomic E-state index is 0.00132. The summed E-state index contributed by atoms with van der Waals surface area (Å²) in [4.78, 5) is 90.8. The van der Waals surface area contributed by atoms with E-state index in [1.807, 2.05) is 120 Å². The summed E-state index contributed by atoms with van der Waals surface area (Å²) in [5.74, 6) is 1.52. The van der Waals surface area contributed by atoms with Gasteiger partial charge in [-0.2, -0.15) is 0 Å². The summed E-state index contributed by atoms with van der Waals surface area (Å²) < 4.78 is 37.9. The smallest absolute Gasteiger partial charge is 0.410 e. The molecular weight excluding hydrogens is 1110 g/mol. The second-order valence-electron chi connectivity index (χ2n) is 24.7. The van der Waals surface area contributed by atoms with Gasteiger partial charge in [0.1, 0.15) is 37.6 Å². The van der Waals surface area contributed by atoms with Crippen molar-refractivity contribution in [2.75, 3.05) is 79.9 Å². The number of aromatic carboxylic acids is 1. The Morgan fingerprint density at radius 1 is 0.540 bits per heavy atom. The fraction of sp³-hybridized carbons (Fsp3) is 0.485. The summed E-state index contributed by atoms with van der Waals surface area (Å²) in [7, 11) is 3.01. The number of carboxylic acids is 1. The van der Waals surface area contributed by atoms with Gasteiger partial charge < -0.3 is 62.3 Å². The van der Waals surface area contributed by atoms with Gasteiger partial charge in [-0.1, -0.05) is 12.1 Å². The van der Waals surface area contributed by atoms with Crippen LogP contribution in [0.15, 0.2) is 94.5 Å². The van der Waals surface area contributed by atoms with Crippen molar-refractivity contribution in [3.63, 3.8) is 0 Å². The fourth-order valence-electron chi connectivity index (χ4n) is 11.6. The van der Waals surface area contributed by atoms with Crippen molar-refractivity contribution in [2.24, 2.45) is 0 Å². The van der Waals surface area contributed by atoms with Crippen LogP contribution in [-0.2, 0) is 40.5 Å². The van der Waals surface area contributed by atoms with Crippen LogP contribution in [0.5, 0.6) is 23.0 Å². The van der Waals surface area contributed by atoms with Crippen molar-refractivity contribution < 1.29 is 57.5 Å². The highest BCUT2D eigenvalue weighted by molar-refractivity contribution is 6.06. The van der Waals surface area contributed by atoms with E-state index in [0.717, 1.165) is 79.6 Å². The van der Waals surface area contributed by atoms with E-state index in [1.54, 1.807) is 34.4 Å². The molecular formula is C66H83N7O14. The highest BCUT2D eigenvalue weighted by Gasteiger charge is 2.34. The minimum atomic E-state index is -1.01. The zero-order valence-electron chi connectivity index (χ0n) is 51.9. The third kappa shape index (κ3) is 15.9. The van der Waals surface area contributed by atoms with Gasteiger partial charge in [-0.3, -0.25) is 19.2 Å². The van der Waals surface area contributed by atoms with Gasteiger partial charge in [0.2, 0.25) is 0 Å². The molecule has 0 atom stereocenters. The van der Waals surface area contributed by atoms with E-state index >= 15 is 0 Å². The molecule has 0 aliphatic carbocycles. The van der Waals surface area contributed by atoms with Crippen LogP contribution in [0.3, 0.4) is 0 Å². The van der Waals surface area contributed by atoms with Crippen LogP contribution in [-0.4, -0.2) is 166 Å².